The number of hydrogen-bond acceptors (Lipinski definition) is 2. The minimum Gasteiger partial charge on any atom is -0.494 e. The quantitative estimate of drug-likeness (QED) is 0.486. The molecule has 4 aromatic rings. The highest BCUT2D eigenvalue weighted by Crippen LogP contribution is 2.37. The molecule has 0 spiro atoms. The summed E-state index contributed by atoms with van der Waals surface area (Å²) in [5.41, 5.74) is 4.30. The van der Waals surface area contributed by atoms with Gasteiger partial charge in [0.05, 0.1) is 6.04 Å². The first-order valence-corrected chi connectivity index (χ1v) is 8.92. The normalized spacial score (nSPS) is 12.4. The summed E-state index contributed by atoms with van der Waals surface area (Å²) in [5, 5.41) is 13.5. The van der Waals surface area contributed by atoms with Crippen molar-refractivity contribution in [2.45, 2.75) is 19.9 Å². The monoisotopic (exact) mass is 362 g/mol. The van der Waals surface area contributed by atoms with Crippen LogP contribution in [0.4, 0.5) is 0 Å². The molecule has 0 radical (unpaired) electrons. The van der Waals surface area contributed by atoms with E-state index in [-0.39, 0.29) is 11.9 Å². The van der Waals surface area contributed by atoms with Gasteiger partial charge in [0.15, 0.2) is 5.88 Å². The van der Waals surface area contributed by atoms with Gasteiger partial charge in [0, 0.05) is 39.9 Å². The lowest BCUT2D eigenvalue weighted by atomic mass is 10.0. The Kier molecular flexibility index (Phi) is 4.17. The molecule has 2 heterocycles. The largest absolute Gasteiger partial charge is 0.494 e. The van der Waals surface area contributed by atoms with Gasteiger partial charge >= 0.3 is 0 Å². The molecule has 0 aliphatic heterocycles. The summed E-state index contributed by atoms with van der Waals surface area (Å²) in [7, 11) is 0. The van der Waals surface area contributed by atoms with Gasteiger partial charge in [-0.25, -0.2) is 0 Å². The standard InChI is InChI=1S/C22H19ClN2O/c1-14-10-18(17-4-3-9-24-12-17)11-19-13-25(22(26)21(14)19)15(2)16-5-7-20(23)8-6-16/h3-13,15,26H,1-2H3/t15-/m1/s1. The Labute approximate surface area is 157 Å². The molecular weight excluding hydrogens is 344 g/mol. The molecule has 3 nitrogen and oxygen atoms in total. The van der Waals surface area contributed by atoms with Crippen LogP contribution in [0.25, 0.3) is 21.9 Å². The van der Waals surface area contributed by atoms with Crippen LogP contribution in [-0.2, 0) is 0 Å². The molecule has 26 heavy (non-hydrogen) atoms. The van der Waals surface area contributed by atoms with Crippen molar-refractivity contribution in [3.05, 3.63) is 83.3 Å². The molecule has 1 N–H and O–H groups in total. The zero-order valence-corrected chi connectivity index (χ0v) is 15.4. The summed E-state index contributed by atoms with van der Waals surface area (Å²) in [6, 6.07) is 15.9. The molecule has 0 bridgehead atoms. The number of aromatic hydroxyl groups is 1. The van der Waals surface area contributed by atoms with E-state index in [4.69, 9.17) is 11.6 Å². The average Bonchev–Trinajstić information content (AvgIpc) is 2.99. The second kappa shape index (κ2) is 6.50. The molecule has 0 unspecified atom stereocenters. The summed E-state index contributed by atoms with van der Waals surface area (Å²) in [6.45, 7) is 4.10. The predicted octanol–water partition coefficient (Wildman–Crippen LogP) is 5.98. The average molecular weight is 363 g/mol. The highest BCUT2D eigenvalue weighted by Gasteiger charge is 2.17. The first kappa shape index (κ1) is 16.7. The van der Waals surface area contributed by atoms with Gasteiger partial charge in [-0.05, 0) is 54.8 Å². The lowest BCUT2D eigenvalue weighted by Gasteiger charge is -2.15. The number of aromatic nitrogens is 2. The molecule has 4 rings (SSSR count). The maximum atomic E-state index is 10.8. The third kappa shape index (κ3) is 2.85. The zero-order valence-electron chi connectivity index (χ0n) is 14.6. The van der Waals surface area contributed by atoms with E-state index in [1.165, 1.54) is 0 Å². The molecule has 2 aromatic heterocycles. The van der Waals surface area contributed by atoms with E-state index in [2.05, 4.69) is 24.0 Å². The van der Waals surface area contributed by atoms with Crippen LogP contribution in [0.5, 0.6) is 5.88 Å². The SMILES string of the molecule is Cc1cc(-c2cccnc2)cc2cn([C@H](C)c3ccc(Cl)cc3)c(O)c12. The molecule has 0 fully saturated rings. The van der Waals surface area contributed by atoms with Gasteiger partial charge in [-0.2, -0.15) is 0 Å². The van der Waals surface area contributed by atoms with Crippen LogP contribution < -0.4 is 0 Å². The number of halogens is 1. The molecule has 0 aliphatic rings. The molecular formula is C22H19ClN2O. The van der Waals surface area contributed by atoms with Gasteiger partial charge < -0.3 is 9.67 Å². The Morgan fingerprint density at radius 1 is 1.08 bits per heavy atom. The fourth-order valence-corrected chi connectivity index (χ4v) is 3.59. The molecule has 0 aliphatic carbocycles. The fraction of sp³-hybridized carbons (Fsp3) is 0.136. The van der Waals surface area contributed by atoms with Crippen molar-refractivity contribution in [1.29, 1.82) is 0 Å². The highest BCUT2D eigenvalue weighted by molar-refractivity contribution is 6.30. The Morgan fingerprint density at radius 2 is 1.85 bits per heavy atom. The van der Waals surface area contributed by atoms with E-state index in [1.807, 2.05) is 60.3 Å². The molecule has 4 heteroatoms. The number of pyridine rings is 1. The van der Waals surface area contributed by atoms with Crippen LogP contribution in [0.15, 0.2) is 67.1 Å². The van der Waals surface area contributed by atoms with E-state index >= 15 is 0 Å². The van der Waals surface area contributed by atoms with Gasteiger partial charge in [-0.3, -0.25) is 4.98 Å². The van der Waals surface area contributed by atoms with Crippen molar-refractivity contribution >= 4 is 22.4 Å². The van der Waals surface area contributed by atoms with E-state index in [0.29, 0.717) is 5.02 Å². The number of hydrogen-bond donors (Lipinski definition) is 1. The number of benzene rings is 2. The Morgan fingerprint density at radius 3 is 2.54 bits per heavy atom. The molecule has 0 saturated heterocycles. The van der Waals surface area contributed by atoms with Crippen LogP contribution in [0.3, 0.4) is 0 Å². The minimum atomic E-state index is 0.000841. The van der Waals surface area contributed by atoms with Gasteiger partial charge in [0.25, 0.3) is 0 Å². The first-order chi connectivity index (χ1) is 12.5. The van der Waals surface area contributed by atoms with Crippen molar-refractivity contribution in [1.82, 2.24) is 9.55 Å². The van der Waals surface area contributed by atoms with E-state index in [9.17, 15) is 5.11 Å². The van der Waals surface area contributed by atoms with Gasteiger partial charge in [-0.1, -0.05) is 35.9 Å². The number of rotatable bonds is 3. The summed E-state index contributed by atoms with van der Waals surface area (Å²) in [5.74, 6) is 0.290. The number of nitrogens with zero attached hydrogens (tertiary/aromatic N) is 2. The van der Waals surface area contributed by atoms with E-state index < -0.39 is 0 Å². The maximum absolute atomic E-state index is 10.8. The smallest absolute Gasteiger partial charge is 0.199 e. The summed E-state index contributed by atoms with van der Waals surface area (Å²) in [4.78, 5) is 4.20. The van der Waals surface area contributed by atoms with E-state index in [1.54, 1.807) is 6.20 Å². The lowest BCUT2D eigenvalue weighted by Crippen LogP contribution is -2.04. The van der Waals surface area contributed by atoms with Crippen LogP contribution in [0.1, 0.15) is 24.1 Å². The maximum Gasteiger partial charge on any atom is 0.199 e. The van der Waals surface area contributed by atoms with Crippen molar-refractivity contribution in [3.8, 4) is 17.0 Å². The van der Waals surface area contributed by atoms with Crippen molar-refractivity contribution in [2.24, 2.45) is 0 Å². The fourth-order valence-electron chi connectivity index (χ4n) is 3.46. The molecule has 1 atom stereocenters. The molecule has 130 valence electrons. The Hall–Kier alpha value is -2.78. The second-order valence-electron chi connectivity index (χ2n) is 6.59. The van der Waals surface area contributed by atoms with Crippen LogP contribution in [0, 0.1) is 6.92 Å². The molecule has 2 aromatic carbocycles. The molecule has 0 amide bonds. The first-order valence-electron chi connectivity index (χ1n) is 8.54. The Bertz CT molecular complexity index is 1070. The molecule has 0 saturated carbocycles. The van der Waals surface area contributed by atoms with Gasteiger partial charge in [0.1, 0.15) is 0 Å². The number of fused-ring (bicyclic) bond motifs is 1. The summed E-state index contributed by atoms with van der Waals surface area (Å²) < 4.78 is 1.91. The van der Waals surface area contributed by atoms with Crippen molar-refractivity contribution < 1.29 is 5.11 Å². The highest BCUT2D eigenvalue weighted by atomic mass is 35.5. The minimum absolute atomic E-state index is 0.000841. The van der Waals surface area contributed by atoms with Crippen molar-refractivity contribution in [3.63, 3.8) is 0 Å². The third-order valence-electron chi connectivity index (χ3n) is 4.88. The topological polar surface area (TPSA) is 38.0 Å². The van der Waals surface area contributed by atoms with Crippen LogP contribution in [0.2, 0.25) is 5.02 Å². The lowest BCUT2D eigenvalue weighted by molar-refractivity contribution is 0.412. The second-order valence-corrected chi connectivity index (χ2v) is 7.02. The summed E-state index contributed by atoms with van der Waals surface area (Å²) in [6.07, 6.45) is 5.63. The van der Waals surface area contributed by atoms with Crippen molar-refractivity contribution in [2.75, 3.05) is 0 Å². The van der Waals surface area contributed by atoms with E-state index in [0.717, 1.165) is 33.0 Å². The van der Waals surface area contributed by atoms with Crippen LogP contribution in [-0.4, -0.2) is 14.7 Å². The van der Waals surface area contributed by atoms with Gasteiger partial charge in [0.2, 0.25) is 0 Å². The van der Waals surface area contributed by atoms with Crippen LogP contribution >= 0.6 is 11.6 Å². The predicted molar refractivity (Wildman–Crippen MR) is 107 cm³/mol. The third-order valence-corrected chi connectivity index (χ3v) is 5.13. The Balaban J connectivity index is 1.83. The van der Waals surface area contributed by atoms with Gasteiger partial charge in [-0.15, -0.1) is 0 Å². The zero-order chi connectivity index (χ0) is 18.3. The number of aryl methyl sites for hydroxylation is 1. The summed E-state index contributed by atoms with van der Waals surface area (Å²) >= 11 is 5.99.